The van der Waals surface area contributed by atoms with Crippen LogP contribution in [-0.2, 0) is 16.0 Å². The van der Waals surface area contributed by atoms with E-state index in [1.807, 2.05) is 34.9 Å². The molecule has 0 amide bonds. The number of aryl methyl sites for hydroxylation is 1. The summed E-state index contributed by atoms with van der Waals surface area (Å²) in [5, 5.41) is 0. The number of pyridine rings is 1. The van der Waals surface area contributed by atoms with Crippen molar-refractivity contribution in [2.45, 2.75) is 26.2 Å². The lowest BCUT2D eigenvalue weighted by molar-refractivity contribution is -0.143. The van der Waals surface area contributed by atoms with Crippen molar-refractivity contribution in [3.05, 3.63) is 71.5 Å². The van der Waals surface area contributed by atoms with Gasteiger partial charge in [-0.15, -0.1) is 0 Å². The smallest absolute Gasteiger partial charge is 0.305 e. The number of ether oxygens (including phenoxy) is 1. The van der Waals surface area contributed by atoms with E-state index in [0.29, 0.717) is 42.7 Å². The molecular weight excluding hydrogens is 328 g/mol. The van der Waals surface area contributed by atoms with E-state index >= 15 is 0 Å². The van der Waals surface area contributed by atoms with Gasteiger partial charge < -0.3 is 14.9 Å². The van der Waals surface area contributed by atoms with Gasteiger partial charge in [0, 0.05) is 35.1 Å². The largest absolute Gasteiger partial charge is 0.466 e. The van der Waals surface area contributed by atoms with E-state index in [4.69, 9.17) is 10.5 Å². The van der Waals surface area contributed by atoms with Crippen LogP contribution in [0.1, 0.15) is 41.4 Å². The third-order valence-corrected chi connectivity index (χ3v) is 4.29. The number of aromatic nitrogens is 1. The third-order valence-electron chi connectivity index (χ3n) is 4.29. The zero-order chi connectivity index (χ0) is 18.5. The number of anilines is 1. The molecule has 0 bridgehead atoms. The Hall–Kier alpha value is -3.08. The Kier molecular flexibility index (Phi) is 5.37. The molecule has 0 unspecified atom stereocenters. The van der Waals surface area contributed by atoms with E-state index in [0.717, 1.165) is 11.2 Å². The maximum absolute atomic E-state index is 12.9. The summed E-state index contributed by atoms with van der Waals surface area (Å²) in [5.74, 6) is -0.225. The molecule has 134 valence electrons. The highest BCUT2D eigenvalue weighted by Gasteiger charge is 2.17. The first-order chi connectivity index (χ1) is 12.6. The molecule has 5 heteroatoms. The highest BCUT2D eigenvalue weighted by atomic mass is 16.5. The van der Waals surface area contributed by atoms with Crippen LogP contribution in [0.25, 0.3) is 5.52 Å². The second kappa shape index (κ2) is 7.87. The summed E-state index contributed by atoms with van der Waals surface area (Å²) in [5.41, 5.74) is 9.46. The summed E-state index contributed by atoms with van der Waals surface area (Å²) in [4.78, 5) is 24.5. The fourth-order valence-corrected chi connectivity index (χ4v) is 3.03. The SMILES string of the molecule is CCOC(=O)CCCc1cc(C(=O)c2ccc(N)cc2)c2ccccn12. The van der Waals surface area contributed by atoms with Crippen LogP contribution in [0.3, 0.4) is 0 Å². The quantitative estimate of drug-likeness (QED) is 0.401. The Morgan fingerprint density at radius 1 is 1.12 bits per heavy atom. The number of hydrogen-bond acceptors (Lipinski definition) is 4. The Balaban J connectivity index is 1.86. The summed E-state index contributed by atoms with van der Waals surface area (Å²) in [6.07, 6.45) is 3.68. The van der Waals surface area contributed by atoms with Crippen molar-refractivity contribution in [1.29, 1.82) is 0 Å². The second-order valence-electron chi connectivity index (χ2n) is 6.11. The van der Waals surface area contributed by atoms with Gasteiger partial charge in [0.15, 0.2) is 5.78 Å². The molecule has 0 spiro atoms. The van der Waals surface area contributed by atoms with Crippen LogP contribution in [-0.4, -0.2) is 22.8 Å². The number of hydrogen-bond donors (Lipinski definition) is 1. The minimum Gasteiger partial charge on any atom is -0.466 e. The van der Waals surface area contributed by atoms with E-state index in [2.05, 4.69) is 0 Å². The first-order valence-corrected chi connectivity index (χ1v) is 8.75. The maximum Gasteiger partial charge on any atom is 0.305 e. The zero-order valence-corrected chi connectivity index (χ0v) is 14.8. The molecule has 2 N–H and O–H groups in total. The highest BCUT2D eigenvalue weighted by Crippen LogP contribution is 2.22. The molecule has 26 heavy (non-hydrogen) atoms. The normalized spacial score (nSPS) is 10.8. The first-order valence-electron chi connectivity index (χ1n) is 8.75. The zero-order valence-electron chi connectivity index (χ0n) is 14.8. The Labute approximate surface area is 152 Å². The first kappa shape index (κ1) is 17.7. The third kappa shape index (κ3) is 3.77. The van der Waals surface area contributed by atoms with Crippen LogP contribution in [0.15, 0.2) is 54.7 Å². The number of fused-ring (bicyclic) bond motifs is 1. The lowest BCUT2D eigenvalue weighted by atomic mass is 10.0. The molecule has 1 aromatic carbocycles. The van der Waals surface area contributed by atoms with Crippen molar-refractivity contribution in [3.8, 4) is 0 Å². The number of carbonyl (C=O) groups excluding carboxylic acids is 2. The standard InChI is InChI=1S/C21H22N2O3/c1-2-26-20(24)8-5-6-17-14-18(19-7-3-4-13-23(17)19)21(25)15-9-11-16(22)12-10-15/h3-4,7,9-14H,2,5-6,8,22H2,1H3. The molecule has 2 heterocycles. The van der Waals surface area contributed by atoms with E-state index in [1.165, 1.54) is 0 Å². The van der Waals surface area contributed by atoms with E-state index in [9.17, 15) is 9.59 Å². The van der Waals surface area contributed by atoms with Gasteiger partial charge in [0.25, 0.3) is 0 Å². The number of nitrogen functional groups attached to an aromatic ring is 1. The van der Waals surface area contributed by atoms with Gasteiger partial charge in [-0.2, -0.15) is 0 Å². The number of benzene rings is 1. The fourth-order valence-electron chi connectivity index (χ4n) is 3.03. The lowest BCUT2D eigenvalue weighted by Crippen LogP contribution is -2.04. The van der Waals surface area contributed by atoms with Crippen molar-refractivity contribution < 1.29 is 14.3 Å². The van der Waals surface area contributed by atoms with Crippen LogP contribution < -0.4 is 5.73 Å². The molecule has 3 rings (SSSR count). The average Bonchev–Trinajstić information content (AvgIpc) is 3.01. The van der Waals surface area contributed by atoms with Gasteiger partial charge in [0.05, 0.1) is 12.1 Å². The van der Waals surface area contributed by atoms with Gasteiger partial charge >= 0.3 is 5.97 Å². The number of carbonyl (C=O) groups is 2. The minimum atomic E-state index is -0.188. The van der Waals surface area contributed by atoms with Gasteiger partial charge in [0.2, 0.25) is 0 Å². The van der Waals surface area contributed by atoms with Crippen LogP contribution >= 0.6 is 0 Å². The summed E-state index contributed by atoms with van der Waals surface area (Å²) < 4.78 is 6.98. The van der Waals surface area contributed by atoms with Gasteiger partial charge in [-0.25, -0.2) is 0 Å². The molecule has 0 aliphatic rings. The van der Waals surface area contributed by atoms with Crippen LogP contribution in [0, 0.1) is 0 Å². The predicted molar refractivity (Wildman–Crippen MR) is 101 cm³/mol. The van der Waals surface area contributed by atoms with Gasteiger partial charge in [0.1, 0.15) is 0 Å². The molecule has 5 nitrogen and oxygen atoms in total. The molecule has 0 atom stereocenters. The molecule has 3 aromatic rings. The van der Waals surface area contributed by atoms with Crippen LogP contribution in [0.2, 0.25) is 0 Å². The number of rotatable bonds is 7. The number of nitrogens with two attached hydrogens (primary N) is 1. The molecule has 0 fully saturated rings. The van der Waals surface area contributed by atoms with Crippen LogP contribution in [0.4, 0.5) is 5.69 Å². The van der Waals surface area contributed by atoms with E-state index in [1.54, 1.807) is 31.2 Å². The number of ketones is 1. The predicted octanol–water partition coefficient (Wildman–Crippen LogP) is 3.64. The van der Waals surface area contributed by atoms with E-state index < -0.39 is 0 Å². The van der Waals surface area contributed by atoms with Gasteiger partial charge in [-0.3, -0.25) is 9.59 Å². The number of nitrogens with zero attached hydrogens (tertiary/aromatic N) is 1. The molecular formula is C21H22N2O3. The van der Waals surface area contributed by atoms with Crippen molar-refractivity contribution >= 4 is 23.0 Å². The lowest BCUT2D eigenvalue weighted by Gasteiger charge is -2.03. The summed E-state index contributed by atoms with van der Waals surface area (Å²) in [6, 6.07) is 14.6. The van der Waals surface area contributed by atoms with E-state index in [-0.39, 0.29) is 11.8 Å². The topological polar surface area (TPSA) is 73.8 Å². The summed E-state index contributed by atoms with van der Waals surface area (Å²) in [7, 11) is 0. The fraction of sp³-hybridized carbons (Fsp3) is 0.238. The Morgan fingerprint density at radius 3 is 2.62 bits per heavy atom. The second-order valence-corrected chi connectivity index (χ2v) is 6.11. The Morgan fingerprint density at radius 2 is 1.88 bits per heavy atom. The van der Waals surface area contributed by atoms with Crippen molar-refractivity contribution in [3.63, 3.8) is 0 Å². The molecule has 0 aliphatic carbocycles. The monoisotopic (exact) mass is 350 g/mol. The summed E-state index contributed by atoms with van der Waals surface area (Å²) >= 11 is 0. The highest BCUT2D eigenvalue weighted by molar-refractivity contribution is 6.13. The Bertz CT molecular complexity index is 926. The average molecular weight is 350 g/mol. The summed E-state index contributed by atoms with van der Waals surface area (Å²) in [6.45, 7) is 2.20. The van der Waals surface area contributed by atoms with Gasteiger partial charge in [-0.1, -0.05) is 6.07 Å². The van der Waals surface area contributed by atoms with Crippen molar-refractivity contribution in [2.24, 2.45) is 0 Å². The molecule has 0 aliphatic heterocycles. The minimum absolute atomic E-state index is 0.0367. The van der Waals surface area contributed by atoms with Crippen LogP contribution in [0.5, 0.6) is 0 Å². The molecule has 0 radical (unpaired) electrons. The molecule has 2 aromatic heterocycles. The van der Waals surface area contributed by atoms with Gasteiger partial charge in [-0.05, 0) is 62.2 Å². The molecule has 0 saturated heterocycles. The molecule has 0 saturated carbocycles. The maximum atomic E-state index is 12.9. The van der Waals surface area contributed by atoms with Crippen molar-refractivity contribution in [2.75, 3.05) is 12.3 Å². The van der Waals surface area contributed by atoms with Crippen molar-refractivity contribution in [1.82, 2.24) is 4.40 Å². The number of esters is 1.